The van der Waals surface area contributed by atoms with Crippen LogP contribution >= 0.6 is 0 Å². The number of fused-ring (bicyclic) bond motifs is 1. The molecule has 1 fully saturated rings. The summed E-state index contributed by atoms with van der Waals surface area (Å²) in [7, 11) is 0. The Labute approximate surface area is 275 Å². The van der Waals surface area contributed by atoms with Gasteiger partial charge in [-0.3, -0.25) is 0 Å². The van der Waals surface area contributed by atoms with Crippen LogP contribution in [0.3, 0.4) is 0 Å². The molecule has 0 N–H and O–H groups in total. The summed E-state index contributed by atoms with van der Waals surface area (Å²) in [5, 5.41) is 0. The molecule has 0 unspecified atom stereocenters. The van der Waals surface area contributed by atoms with Crippen LogP contribution in [0.15, 0.2) is 109 Å². The van der Waals surface area contributed by atoms with E-state index in [0.29, 0.717) is 0 Å². The summed E-state index contributed by atoms with van der Waals surface area (Å²) in [5.41, 5.74) is 16.3. The first kappa shape index (κ1) is 30.7. The maximum Gasteiger partial charge on any atom is -0.0813 e. The molecule has 0 amide bonds. The molecule has 7 rings (SSSR count). The van der Waals surface area contributed by atoms with Gasteiger partial charge in [0.05, 0.1) is 0 Å². The van der Waals surface area contributed by atoms with E-state index in [4.69, 9.17) is 0 Å². The van der Waals surface area contributed by atoms with Crippen LogP contribution in [-0.2, 0) is 16.2 Å². The second-order valence-corrected chi connectivity index (χ2v) is 14.1. The van der Waals surface area contributed by atoms with E-state index in [1.54, 1.807) is 12.3 Å². The molecule has 1 aromatic heterocycles. The van der Waals surface area contributed by atoms with Crippen molar-refractivity contribution in [2.45, 2.75) is 41.5 Å². The molecule has 1 aliphatic carbocycles. The van der Waals surface area contributed by atoms with Crippen LogP contribution in [0, 0.1) is 47.7 Å². The number of aryl methyl sites for hydroxylation is 6. The van der Waals surface area contributed by atoms with Gasteiger partial charge in [-0.1, -0.05) is 12.4 Å². The van der Waals surface area contributed by atoms with Gasteiger partial charge in [0, 0.05) is 0 Å². The van der Waals surface area contributed by atoms with Crippen molar-refractivity contribution in [3.05, 3.63) is 166 Å². The third kappa shape index (κ3) is 6.44. The number of nitrogens with zero attached hydrogens (tertiary/aromatic N) is 3. The third-order valence-electron chi connectivity index (χ3n) is 8.30. The third-order valence-corrected chi connectivity index (χ3v) is 10.8. The fraction of sp³-hybridized carbons (Fsp3) is 0.195. The molecule has 0 atom stereocenters. The van der Waals surface area contributed by atoms with Crippen LogP contribution in [0.5, 0.6) is 0 Å². The first-order chi connectivity index (χ1) is 21.8. The average molecular weight is 676 g/mol. The zero-order valence-electron chi connectivity index (χ0n) is 27.0. The van der Waals surface area contributed by atoms with Crippen molar-refractivity contribution < 1.29 is 16.2 Å². The van der Waals surface area contributed by atoms with E-state index in [1.165, 1.54) is 75.5 Å². The number of allylic oxidation sites excluding steroid dienone is 1. The molecule has 45 heavy (non-hydrogen) atoms. The minimum absolute atomic E-state index is 0.233. The molecule has 5 aromatic rings. The maximum absolute atomic E-state index is 3.66. The molecule has 2 heterocycles. The second-order valence-electron chi connectivity index (χ2n) is 11.9. The summed E-state index contributed by atoms with van der Waals surface area (Å²) in [6.07, 6.45) is 6.81. The van der Waals surface area contributed by atoms with Crippen molar-refractivity contribution in [2.75, 3.05) is 22.9 Å². The van der Waals surface area contributed by atoms with Crippen LogP contribution in [0.4, 0.5) is 11.4 Å². The van der Waals surface area contributed by atoms with E-state index in [2.05, 4.69) is 147 Å². The minimum atomic E-state index is -0.233. The van der Waals surface area contributed by atoms with Gasteiger partial charge in [-0.25, -0.2) is 0 Å². The van der Waals surface area contributed by atoms with Gasteiger partial charge in [0.1, 0.15) is 0 Å². The van der Waals surface area contributed by atoms with Gasteiger partial charge in [-0.2, -0.15) is 18.2 Å². The van der Waals surface area contributed by atoms with Crippen molar-refractivity contribution >= 4 is 25.4 Å². The standard InChI is InChI=1S/C21H26N2.C15H10.C5H4N.Ru/c1-14-9-16(3)20(17(4)10-14)22-7-8-23(13-22)21-18(5)11-15(2)12-19(21)6;1-2-6-12(7-3-1)15-11-10-13-8-4-5-9-14(13)15;1-2-4-6-5-3-1;/h9-12H,7-8H2,1-6H3;1-9,11H;1-4H;/q;;-1;. The number of rotatable bonds is 3. The Bertz CT molecular complexity index is 1810. The summed E-state index contributed by atoms with van der Waals surface area (Å²) in [4.78, 5) is 8.95. The van der Waals surface area contributed by atoms with Crippen molar-refractivity contribution in [1.82, 2.24) is 4.98 Å². The van der Waals surface area contributed by atoms with Gasteiger partial charge in [-0.05, 0) is 0 Å². The smallest absolute Gasteiger partial charge is 0.0813 e. The van der Waals surface area contributed by atoms with Crippen LogP contribution in [0.2, 0.25) is 0 Å². The summed E-state index contributed by atoms with van der Waals surface area (Å²) < 4.78 is 2.94. The van der Waals surface area contributed by atoms with Crippen LogP contribution in [0.25, 0.3) is 5.57 Å². The second kappa shape index (κ2) is 13.4. The van der Waals surface area contributed by atoms with E-state index in [-0.39, 0.29) is 16.2 Å². The van der Waals surface area contributed by atoms with Gasteiger partial charge < -0.3 is 4.98 Å². The minimum Gasteiger partial charge on any atom is -0.394 e. The van der Waals surface area contributed by atoms with Crippen LogP contribution in [-0.4, -0.2) is 26.5 Å². The SMILES string of the molecule is Cc1cc(C)c(N2CCN(c3c(C)cc(C)cc3C)[C]2=[Ru]=[C]2C=C(c3ccccc3)c3ccccc32)c(C)c1.[c-]1ccccn1. The average Bonchev–Trinajstić information content (AvgIpc) is 3.60. The summed E-state index contributed by atoms with van der Waals surface area (Å²) >= 11 is -0.233. The molecule has 228 valence electrons. The van der Waals surface area contributed by atoms with E-state index >= 15 is 0 Å². The van der Waals surface area contributed by atoms with Gasteiger partial charge in [0.25, 0.3) is 0 Å². The van der Waals surface area contributed by atoms with Gasteiger partial charge in [-0.15, -0.1) is 0 Å². The Morgan fingerprint density at radius 3 is 1.62 bits per heavy atom. The largest absolute Gasteiger partial charge is 0.394 e. The van der Waals surface area contributed by atoms with E-state index in [0.717, 1.165) is 13.1 Å². The molecule has 4 heteroatoms. The summed E-state index contributed by atoms with van der Waals surface area (Å²) in [5.74, 6) is 0. The molecule has 4 aromatic carbocycles. The number of benzene rings is 4. The molecule has 0 bridgehead atoms. The van der Waals surface area contributed by atoms with Gasteiger partial charge in [0.2, 0.25) is 0 Å². The van der Waals surface area contributed by atoms with Crippen molar-refractivity contribution in [3.63, 3.8) is 0 Å². The predicted octanol–water partition coefficient (Wildman–Crippen LogP) is 8.58. The topological polar surface area (TPSA) is 19.4 Å². The van der Waals surface area contributed by atoms with Gasteiger partial charge in [0.15, 0.2) is 0 Å². The fourth-order valence-electron chi connectivity index (χ4n) is 6.71. The van der Waals surface area contributed by atoms with Crippen LogP contribution in [0.1, 0.15) is 50.1 Å². The van der Waals surface area contributed by atoms with E-state index in [9.17, 15) is 0 Å². The predicted molar refractivity (Wildman–Crippen MR) is 188 cm³/mol. The molecule has 0 spiro atoms. The first-order valence-electron chi connectivity index (χ1n) is 15.5. The van der Waals surface area contributed by atoms with E-state index < -0.39 is 0 Å². The monoisotopic (exact) mass is 676 g/mol. The zero-order chi connectivity index (χ0) is 31.5. The Kier molecular flexibility index (Phi) is 9.15. The normalized spacial score (nSPS) is 13.9. The van der Waals surface area contributed by atoms with Crippen LogP contribution < -0.4 is 9.80 Å². The number of pyridine rings is 1. The molecule has 0 radical (unpaired) electrons. The molecule has 2 aliphatic rings. The summed E-state index contributed by atoms with van der Waals surface area (Å²) in [6, 6.07) is 34.7. The Morgan fingerprint density at radius 2 is 1.16 bits per heavy atom. The fourth-order valence-corrected chi connectivity index (χ4v) is 9.37. The zero-order valence-corrected chi connectivity index (χ0v) is 28.7. The Hall–Kier alpha value is -4.27. The van der Waals surface area contributed by atoms with Gasteiger partial charge >= 0.3 is 241 Å². The maximum atomic E-state index is 3.66. The molecular formula is C41H40N3Ru-. The van der Waals surface area contributed by atoms with Crippen molar-refractivity contribution in [3.8, 4) is 0 Å². The van der Waals surface area contributed by atoms with Crippen molar-refractivity contribution in [1.29, 1.82) is 0 Å². The molecule has 1 saturated heterocycles. The van der Waals surface area contributed by atoms with Crippen molar-refractivity contribution in [2.24, 2.45) is 0 Å². The number of aromatic nitrogens is 1. The first-order valence-corrected chi connectivity index (χ1v) is 17.3. The quantitative estimate of drug-likeness (QED) is 0.141. The molecule has 3 nitrogen and oxygen atoms in total. The number of hydrogen-bond donors (Lipinski definition) is 0. The molecule has 1 aliphatic heterocycles. The molecule has 0 saturated carbocycles. The number of hydrogen-bond acceptors (Lipinski definition) is 3. The number of anilines is 2. The Balaban J connectivity index is 0.000000535. The molecular weight excluding hydrogens is 636 g/mol. The summed E-state index contributed by atoms with van der Waals surface area (Å²) in [6.45, 7) is 15.5. The Morgan fingerprint density at radius 1 is 0.622 bits per heavy atom. The van der Waals surface area contributed by atoms with E-state index in [1.807, 2.05) is 12.1 Å².